The van der Waals surface area contributed by atoms with Crippen LogP contribution >= 0.6 is 11.6 Å². The van der Waals surface area contributed by atoms with E-state index in [1.165, 1.54) is 5.56 Å². The number of aryl methyl sites for hydroxylation is 1. The predicted molar refractivity (Wildman–Crippen MR) is 60.7 cm³/mol. The van der Waals surface area contributed by atoms with E-state index in [9.17, 15) is 0 Å². The van der Waals surface area contributed by atoms with Gasteiger partial charge in [0.05, 0.1) is 20.3 Å². The maximum Gasteiger partial charge on any atom is 0.124 e. The van der Waals surface area contributed by atoms with Crippen LogP contribution in [-0.2, 0) is 16.0 Å². The van der Waals surface area contributed by atoms with Crippen LogP contribution in [0.2, 0.25) is 0 Å². The van der Waals surface area contributed by atoms with Gasteiger partial charge in [-0.2, -0.15) is 0 Å². The summed E-state index contributed by atoms with van der Waals surface area (Å²) in [5, 5.41) is 0. The highest BCUT2D eigenvalue weighted by Crippen LogP contribution is 2.41. The molecule has 3 heteroatoms. The zero-order valence-electron chi connectivity index (χ0n) is 9.05. The topological polar surface area (TPSA) is 18.5 Å². The fraction of sp³-hybridized carbons (Fsp3) is 0.500. The van der Waals surface area contributed by atoms with Crippen molar-refractivity contribution in [2.45, 2.75) is 18.2 Å². The number of halogens is 1. The molecule has 1 aliphatic rings. The SMILES string of the molecule is CCc1ccc(OC)c(C2(Cl)COC2)c1. The van der Waals surface area contributed by atoms with Gasteiger partial charge in [0.1, 0.15) is 10.6 Å². The van der Waals surface area contributed by atoms with E-state index in [0.717, 1.165) is 17.7 Å². The van der Waals surface area contributed by atoms with Gasteiger partial charge in [-0.3, -0.25) is 0 Å². The molecule has 1 aliphatic heterocycles. The molecule has 2 nitrogen and oxygen atoms in total. The Labute approximate surface area is 95.1 Å². The molecule has 2 rings (SSSR count). The summed E-state index contributed by atoms with van der Waals surface area (Å²) in [5.74, 6) is 0.852. The summed E-state index contributed by atoms with van der Waals surface area (Å²) >= 11 is 6.44. The average Bonchev–Trinajstić information content (AvgIpc) is 2.25. The molecular weight excluding hydrogens is 212 g/mol. The molecule has 0 saturated carbocycles. The molecule has 0 aromatic heterocycles. The normalized spacial score (nSPS) is 18.3. The van der Waals surface area contributed by atoms with Gasteiger partial charge in [0, 0.05) is 5.56 Å². The molecule has 15 heavy (non-hydrogen) atoms. The summed E-state index contributed by atoms with van der Waals surface area (Å²) in [5.41, 5.74) is 2.33. The Bertz CT molecular complexity index is 359. The van der Waals surface area contributed by atoms with E-state index in [2.05, 4.69) is 19.1 Å². The Balaban J connectivity index is 2.41. The highest BCUT2D eigenvalue weighted by molar-refractivity contribution is 6.25. The number of benzene rings is 1. The summed E-state index contributed by atoms with van der Waals surface area (Å²) in [7, 11) is 1.67. The van der Waals surface area contributed by atoms with E-state index in [0.29, 0.717) is 13.2 Å². The molecule has 0 N–H and O–H groups in total. The summed E-state index contributed by atoms with van der Waals surface area (Å²) in [4.78, 5) is -0.378. The minimum absolute atomic E-state index is 0.378. The van der Waals surface area contributed by atoms with Crippen LogP contribution in [0, 0.1) is 0 Å². The van der Waals surface area contributed by atoms with Crippen LogP contribution in [0.3, 0.4) is 0 Å². The Hall–Kier alpha value is -0.730. The fourth-order valence-electron chi connectivity index (χ4n) is 1.76. The number of hydrogen-bond acceptors (Lipinski definition) is 2. The fourth-order valence-corrected chi connectivity index (χ4v) is 2.06. The first kappa shape index (κ1) is 10.8. The maximum atomic E-state index is 6.44. The van der Waals surface area contributed by atoms with Crippen LogP contribution in [-0.4, -0.2) is 20.3 Å². The van der Waals surface area contributed by atoms with Crippen molar-refractivity contribution in [3.05, 3.63) is 29.3 Å². The van der Waals surface area contributed by atoms with E-state index < -0.39 is 0 Å². The molecule has 0 atom stereocenters. The lowest BCUT2D eigenvalue weighted by Crippen LogP contribution is -2.41. The van der Waals surface area contributed by atoms with Crippen LogP contribution in [0.25, 0.3) is 0 Å². The molecule has 1 fully saturated rings. The maximum absolute atomic E-state index is 6.44. The van der Waals surface area contributed by atoms with Gasteiger partial charge in [0.15, 0.2) is 0 Å². The van der Waals surface area contributed by atoms with E-state index in [1.807, 2.05) is 6.07 Å². The van der Waals surface area contributed by atoms with Gasteiger partial charge in [0.2, 0.25) is 0 Å². The second-order valence-electron chi connectivity index (χ2n) is 3.85. The number of hydrogen-bond donors (Lipinski definition) is 0. The summed E-state index contributed by atoms with van der Waals surface area (Å²) in [6, 6.07) is 6.17. The van der Waals surface area contributed by atoms with Gasteiger partial charge in [-0.25, -0.2) is 0 Å². The van der Waals surface area contributed by atoms with Crippen molar-refractivity contribution in [1.82, 2.24) is 0 Å². The van der Waals surface area contributed by atoms with Crippen LogP contribution in [0.15, 0.2) is 18.2 Å². The molecule has 1 aromatic rings. The first-order valence-electron chi connectivity index (χ1n) is 5.13. The van der Waals surface area contributed by atoms with E-state index in [4.69, 9.17) is 21.1 Å². The third-order valence-corrected chi connectivity index (χ3v) is 3.24. The van der Waals surface area contributed by atoms with Crippen molar-refractivity contribution in [3.8, 4) is 5.75 Å². The molecule has 1 saturated heterocycles. The molecule has 0 spiro atoms. The Kier molecular flexibility index (Phi) is 2.89. The predicted octanol–water partition coefficient (Wildman–Crippen LogP) is 2.72. The van der Waals surface area contributed by atoms with Gasteiger partial charge in [0.25, 0.3) is 0 Å². The third-order valence-electron chi connectivity index (χ3n) is 2.82. The van der Waals surface area contributed by atoms with Crippen molar-refractivity contribution in [1.29, 1.82) is 0 Å². The first-order valence-corrected chi connectivity index (χ1v) is 5.51. The lowest BCUT2D eigenvalue weighted by atomic mass is 9.93. The van der Waals surface area contributed by atoms with Crippen LogP contribution < -0.4 is 4.74 Å². The minimum atomic E-state index is -0.378. The number of methoxy groups -OCH3 is 1. The lowest BCUT2D eigenvalue weighted by molar-refractivity contribution is -0.0161. The van der Waals surface area contributed by atoms with Crippen LogP contribution in [0.5, 0.6) is 5.75 Å². The van der Waals surface area contributed by atoms with Gasteiger partial charge >= 0.3 is 0 Å². The Morgan fingerprint density at radius 2 is 2.20 bits per heavy atom. The third kappa shape index (κ3) is 1.84. The number of ether oxygens (including phenoxy) is 2. The zero-order chi connectivity index (χ0) is 10.9. The van der Waals surface area contributed by atoms with E-state index in [-0.39, 0.29) is 4.87 Å². The average molecular weight is 227 g/mol. The smallest absolute Gasteiger partial charge is 0.124 e. The number of rotatable bonds is 3. The van der Waals surface area contributed by atoms with Crippen molar-refractivity contribution in [2.24, 2.45) is 0 Å². The minimum Gasteiger partial charge on any atom is -0.496 e. The standard InChI is InChI=1S/C12H15ClO2/c1-3-9-4-5-11(14-2)10(6-9)12(13)7-15-8-12/h4-6H,3,7-8H2,1-2H3. The molecule has 0 radical (unpaired) electrons. The molecule has 0 bridgehead atoms. The summed E-state index contributed by atoms with van der Waals surface area (Å²) in [6.45, 7) is 3.26. The lowest BCUT2D eigenvalue weighted by Gasteiger charge is -2.36. The molecule has 1 heterocycles. The Morgan fingerprint density at radius 1 is 1.47 bits per heavy atom. The Morgan fingerprint density at radius 3 is 2.67 bits per heavy atom. The van der Waals surface area contributed by atoms with E-state index in [1.54, 1.807) is 7.11 Å². The number of alkyl halides is 1. The van der Waals surface area contributed by atoms with Gasteiger partial charge in [-0.15, -0.1) is 11.6 Å². The van der Waals surface area contributed by atoms with Crippen molar-refractivity contribution >= 4 is 11.6 Å². The largest absolute Gasteiger partial charge is 0.496 e. The molecule has 0 aliphatic carbocycles. The monoisotopic (exact) mass is 226 g/mol. The molecule has 0 amide bonds. The quantitative estimate of drug-likeness (QED) is 0.738. The molecular formula is C12H15ClO2. The highest BCUT2D eigenvalue weighted by atomic mass is 35.5. The summed E-state index contributed by atoms with van der Waals surface area (Å²) < 4.78 is 10.5. The highest BCUT2D eigenvalue weighted by Gasteiger charge is 2.40. The second kappa shape index (κ2) is 4.03. The second-order valence-corrected chi connectivity index (χ2v) is 4.57. The van der Waals surface area contributed by atoms with Crippen LogP contribution in [0.4, 0.5) is 0 Å². The molecule has 82 valence electrons. The van der Waals surface area contributed by atoms with Crippen molar-refractivity contribution < 1.29 is 9.47 Å². The summed E-state index contributed by atoms with van der Waals surface area (Å²) in [6.07, 6.45) is 1.00. The van der Waals surface area contributed by atoms with E-state index >= 15 is 0 Å². The molecule has 1 aromatic carbocycles. The van der Waals surface area contributed by atoms with Gasteiger partial charge in [-0.05, 0) is 18.1 Å². The zero-order valence-corrected chi connectivity index (χ0v) is 9.80. The van der Waals surface area contributed by atoms with Crippen molar-refractivity contribution in [2.75, 3.05) is 20.3 Å². The van der Waals surface area contributed by atoms with Crippen LogP contribution in [0.1, 0.15) is 18.1 Å². The molecule has 0 unspecified atom stereocenters. The first-order chi connectivity index (χ1) is 7.19. The van der Waals surface area contributed by atoms with Gasteiger partial charge in [-0.1, -0.05) is 19.1 Å². The van der Waals surface area contributed by atoms with Crippen molar-refractivity contribution in [3.63, 3.8) is 0 Å². The van der Waals surface area contributed by atoms with Gasteiger partial charge < -0.3 is 9.47 Å².